The lowest BCUT2D eigenvalue weighted by molar-refractivity contribution is 1.08. The van der Waals surface area contributed by atoms with Crippen molar-refractivity contribution >= 4 is 17.3 Å². The van der Waals surface area contributed by atoms with Gasteiger partial charge in [-0.15, -0.1) is 11.8 Å². The van der Waals surface area contributed by atoms with Crippen LogP contribution in [-0.4, -0.2) is 15.7 Å². The van der Waals surface area contributed by atoms with Crippen molar-refractivity contribution in [1.82, 2.24) is 9.97 Å². The van der Waals surface area contributed by atoms with Crippen molar-refractivity contribution in [2.75, 3.05) is 5.75 Å². The fourth-order valence-corrected chi connectivity index (χ4v) is 1.87. The van der Waals surface area contributed by atoms with E-state index in [1.165, 1.54) is 5.57 Å². The van der Waals surface area contributed by atoms with Crippen molar-refractivity contribution in [2.45, 2.75) is 20.8 Å². The van der Waals surface area contributed by atoms with E-state index in [4.69, 9.17) is 5.73 Å². The smallest absolute Gasteiger partial charge is 0.157 e. The molecule has 2 N–H and O–H groups in total. The lowest BCUT2D eigenvalue weighted by atomic mass is 10.3. The number of nitrogens with two attached hydrogens (primary N) is 1. The average Bonchev–Trinajstić information content (AvgIpc) is 2.26. The van der Waals surface area contributed by atoms with Gasteiger partial charge in [0, 0.05) is 29.9 Å². The Hall–Kier alpha value is -1.29. The van der Waals surface area contributed by atoms with Crippen LogP contribution in [-0.2, 0) is 0 Å². The first-order valence-electron chi connectivity index (χ1n) is 5.08. The summed E-state index contributed by atoms with van der Waals surface area (Å²) in [6.45, 7) is 6.11. The van der Waals surface area contributed by atoms with Gasteiger partial charge in [-0.1, -0.05) is 5.57 Å². The van der Waals surface area contributed by atoms with Gasteiger partial charge in [0.05, 0.1) is 0 Å². The van der Waals surface area contributed by atoms with E-state index in [2.05, 4.69) is 29.2 Å². The normalized spacial score (nSPS) is 11.3. The van der Waals surface area contributed by atoms with Gasteiger partial charge in [0.1, 0.15) is 0 Å². The van der Waals surface area contributed by atoms with E-state index < -0.39 is 0 Å². The monoisotopic (exact) mass is 235 g/mol. The molecule has 0 saturated heterocycles. The molecule has 0 aliphatic rings. The molecule has 0 aliphatic heterocycles. The number of hydrogen-bond donors (Lipinski definition) is 1. The molecule has 16 heavy (non-hydrogen) atoms. The van der Waals surface area contributed by atoms with Crippen LogP contribution in [0.3, 0.4) is 0 Å². The van der Waals surface area contributed by atoms with E-state index in [-0.39, 0.29) is 0 Å². The number of aromatic nitrogens is 2. The maximum atomic E-state index is 5.58. The molecular weight excluding hydrogens is 218 g/mol. The van der Waals surface area contributed by atoms with Gasteiger partial charge in [-0.05, 0) is 31.7 Å². The Kier molecular flexibility index (Phi) is 5.05. The molecule has 3 nitrogen and oxygen atoms in total. The fraction of sp³-hybridized carbons (Fsp3) is 0.333. The minimum Gasteiger partial charge on any atom is -0.404 e. The molecule has 0 bridgehead atoms. The molecule has 1 rings (SSSR count). The zero-order chi connectivity index (χ0) is 12.0. The van der Waals surface area contributed by atoms with E-state index >= 15 is 0 Å². The lowest BCUT2D eigenvalue weighted by Crippen LogP contribution is -1.98. The van der Waals surface area contributed by atoms with Gasteiger partial charge in [0.15, 0.2) is 5.82 Å². The summed E-state index contributed by atoms with van der Waals surface area (Å²) in [6.07, 6.45) is 5.19. The molecular formula is C12H17N3S. The van der Waals surface area contributed by atoms with Crippen LogP contribution in [0.25, 0.3) is 5.57 Å². The molecule has 0 radical (unpaired) electrons. The summed E-state index contributed by atoms with van der Waals surface area (Å²) in [5, 5.41) is 2.11. The molecule has 0 saturated carbocycles. The largest absolute Gasteiger partial charge is 0.404 e. The Labute approximate surface area is 101 Å². The van der Waals surface area contributed by atoms with Crippen LogP contribution >= 0.6 is 11.8 Å². The molecule has 0 unspecified atom stereocenters. The topological polar surface area (TPSA) is 51.8 Å². The van der Waals surface area contributed by atoms with Crippen molar-refractivity contribution in [1.29, 1.82) is 0 Å². The summed E-state index contributed by atoms with van der Waals surface area (Å²) in [6, 6.07) is 0. The zero-order valence-corrected chi connectivity index (χ0v) is 10.7. The molecule has 0 aromatic carbocycles. The summed E-state index contributed by atoms with van der Waals surface area (Å²) in [5.74, 6) is 1.51. The number of allylic oxidation sites excluding steroid dienone is 1. The maximum Gasteiger partial charge on any atom is 0.157 e. The second-order valence-electron chi connectivity index (χ2n) is 3.78. The second kappa shape index (κ2) is 6.33. The summed E-state index contributed by atoms with van der Waals surface area (Å²) in [4.78, 5) is 8.51. The third kappa shape index (κ3) is 4.06. The SMILES string of the molecule is CC(C)=CSCC(=CN)c1ncc(C)cn1. The number of rotatable bonds is 4. The standard InChI is InChI=1S/C12H17N3S/c1-9(2)7-16-8-11(4-13)12-14-5-10(3)6-15-12/h4-7H,8,13H2,1-3H3. The molecule has 1 heterocycles. The van der Waals surface area contributed by atoms with E-state index in [1.807, 2.05) is 6.92 Å². The Morgan fingerprint density at radius 1 is 1.38 bits per heavy atom. The quantitative estimate of drug-likeness (QED) is 0.872. The van der Waals surface area contributed by atoms with Gasteiger partial charge >= 0.3 is 0 Å². The predicted octanol–water partition coefficient (Wildman–Crippen LogP) is 2.74. The molecule has 0 fully saturated rings. The molecule has 0 aliphatic carbocycles. The predicted molar refractivity (Wildman–Crippen MR) is 70.8 cm³/mol. The van der Waals surface area contributed by atoms with Crippen LogP contribution in [0.2, 0.25) is 0 Å². The third-order valence-corrected chi connectivity index (χ3v) is 2.94. The van der Waals surface area contributed by atoms with Gasteiger partial charge in [0.2, 0.25) is 0 Å². The minimum absolute atomic E-state index is 0.711. The molecule has 1 aromatic heterocycles. The highest BCUT2D eigenvalue weighted by Gasteiger charge is 2.03. The van der Waals surface area contributed by atoms with Crippen LogP contribution in [0, 0.1) is 6.92 Å². The Balaban J connectivity index is 2.69. The molecule has 1 aromatic rings. The van der Waals surface area contributed by atoms with E-state index in [1.54, 1.807) is 30.4 Å². The van der Waals surface area contributed by atoms with Gasteiger partial charge in [-0.25, -0.2) is 9.97 Å². The van der Waals surface area contributed by atoms with Crippen LogP contribution < -0.4 is 5.73 Å². The summed E-state index contributed by atoms with van der Waals surface area (Å²) in [5.41, 5.74) is 8.88. The second-order valence-corrected chi connectivity index (χ2v) is 4.64. The van der Waals surface area contributed by atoms with Crippen molar-refractivity contribution in [3.63, 3.8) is 0 Å². The number of aryl methyl sites for hydroxylation is 1. The number of thioether (sulfide) groups is 1. The van der Waals surface area contributed by atoms with E-state index in [0.29, 0.717) is 5.82 Å². The van der Waals surface area contributed by atoms with Crippen molar-refractivity contribution in [2.24, 2.45) is 5.73 Å². The molecule has 0 atom stereocenters. The summed E-state index contributed by atoms with van der Waals surface area (Å²) in [7, 11) is 0. The van der Waals surface area contributed by atoms with Gasteiger partial charge < -0.3 is 5.73 Å². The minimum atomic E-state index is 0.711. The molecule has 86 valence electrons. The van der Waals surface area contributed by atoms with E-state index in [9.17, 15) is 0 Å². The Bertz CT molecular complexity index is 389. The highest BCUT2D eigenvalue weighted by molar-refractivity contribution is 8.02. The van der Waals surface area contributed by atoms with Gasteiger partial charge in [-0.2, -0.15) is 0 Å². The maximum absolute atomic E-state index is 5.58. The molecule has 4 heteroatoms. The Morgan fingerprint density at radius 2 is 2.00 bits per heavy atom. The summed E-state index contributed by atoms with van der Waals surface area (Å²) < 4.78 is 0. The third-order valence-electron chi connectivity index (χ3n) is 1.83. The summed E-state index contributed by atoms with van der Waals surface area (Å²) >= 11 is 1.70. The first-order valence-corrected chi connectivity index (χ1v) is 6.13. The highest BCUT2D eigenvalue weighted by atomic mass is 32.2. The van der Waals surface area contributed by atoms with Gasteiger partial charge in [-0.3, -0.25) is 0 Å². The molecule has 0 amide bonds. The van der Waals surface area contributed by atoms with Crippen LogP contribution in [0.5, 0.6) is 0 Å². The van der Waals surface area contributed by atoms with Crippen molar-refractivity contribution in [3.8, 4) is 0 Å². The van der Waals surface area contributed by atoms with Crippen LogP contribution in [0.4, 0.5) is 0 Å². The fourth-order valence-electron chi connectivity index (χ4n) is 1.04. The van der Waals surface area contributed by atoms with Crippen molar-refractivity contribution < 1.29 is 0 Å². The highest BCUT2D eigenvalue weighted by Crippen LogP contribution is 2.17. The number of hydrogen-bond acceptors (Lipinski definition) is 4. The van der Waals surface area contributed by atoms with Crippen LogP contribution in [0.15, 0.2) is 29.6 Å². The molecule has 0 spiro atoms. The Morgan fingerprint density at radius 3 is 2.50 bits per heavy atom. The first kappa shape index (κ1) is 12.8. The van der Waals surface area contributed by atoms with E-state index in [0.717, 1.165) is 16.9 Å². The lowest BCUT2D eigenvalue weighted by Gasteiger charge is -2.03. The zero-order valence-electron chi connectivity index (χ0n) is 9.90. The average molecular weight is 235 g/mol. The van der Waals surface area contributed by atoms with Gasteiger partial charge in [0.25, 0.3) is 0 Å². The first-order chi connectivity index (χ1) is 7.63. The van der Waals surface area contributed by atoms with Crippen molar-refractivity contribution in [3.05, 3.63) is 41.0 Å². The number of nitrogens with zero attached hydrogens (tertiary/aromatic N) is 2. The van der Waals surface area contributed by atoms with Crippen LogP contribution in [0.1, 0.15) is 25.2 Å².